The van der Waals surface area contributed by atoms with Crippen LogP contribution in [0.5, 0.6) is 0 Å². The van der Waals surface area contributed by atoms with Crippen molar-refractivity contribution in [1.82, 2.24) is 9.97 Å². The number of fused-ring (bicyclic) bond motifs is 1. The van der Waals surface area contributed by atoms with Gasteiger partial charge < -0.3 is 10.4 Å². The van der Waals surface area contributed by atoms with Gasteiger partial charge in [0.05, 0.1) is 18.3 Å². The van der Waals surface area contributed by atoms with Crippen LogP contribution in [-0.4, -0.2) is 27.7 Å². The van der Waals surface area contributed by atoms with Crippen molar-refractivity contribution in [1.29, 1.82) is 0 Å². The molecule has 2 rings (SSSR count). The Morgan fingerprint density at radius 2 is 2.12 bits per heavy atom. The Kier molecular flexibility index (Phi) is 4.18. The van der Waals surface area contributed by atoms with Crippen molar-refractivity contribution in [3.8, 4) is 0 Å². The molecule has 1 aromatic rings. The molecule has 5 heteroatoms. The van der Waals surface area contributed by atoms with Gasteiger partial charge in [0.1, 0.15) is 5.15 Å². The number of hydrogen-bond acceptors (Lipinski definition) is 4. The lowest BCUT2D eigenvalue weighted by Gasteiger charge is -2.19. The second-order valence-corrected chi connectivity index (χ2v) is 4.76. The number of rotatable bonds is 4. The van der Waals surface area contributed by atoms with E-state index in [1.54, 1.807) is 0 Å². The van der Waals surface area contributed by atoms with Crippen molar-refractivity contribution in [2.24, 2.45) is 0 Å². The molecule has 4 nitrogen and oxygen atoms in total. The van der Waals surface area contributed by atoms with E-state index in [2.05, 4.69) is 15.3 Å². The summed E-state index contributed by atoms with van der Waals surface area (Å²) >= 11 is 6.16. The average Bonchev–Trinajstić information content (AvgIpc) is 2.36. The predicted molar refractivity (Wildman–Crippen MR) is 68.5 cm³/mol. The highest BCUT2D eigenvalue weighted by Gasteiger charge is 2.17. The summed E-state index contributed by atoms with van der Waals surface area (Å²) in [4.78, 5) is 8.75. The minimum Gasteiger partial charge on any atom is -0.394 e. The molecule has 1 aromatic heterocycles. The highest BCUT2D eigenvalue weighted by molar-refractivity contribution is 6.30. The number of aromatic nitrogens is 2. The van der Waals surface area contributed by atoms with Crippen LogP contribution in [0.25, 0.3) is 0 Å². The molecule has 94 valence electrons. The van der Waals surface area contributed by atoms with E-state index in [4.69, 9.17) is 16.7 Å². The number of aliphatic hydroxyl groups is 1. The molecule has 0 saturated heterocycles. The molecular weight excluding hydrogens is 238 g/mol. The van der Waals surface area contributed by atoms with Gasteiger partial charge in [-0.25, -0.2) is 9.97 Å². The van der Waals surface area contributed by atoms with E-state index >= 15 is 0 Å². The largest absolute Gasteiger partial charge is 0.394 e. The van der Waals surface area contributed by atoms with E-state index in [0.717, 1.165) is 43.4 Å². The van der Waals surface area contributed by atoms with Gasteiger partial charge in [0.15, 0.2) is 0 Å². The average molecular weight is 256 g/mol. The van der Waals surface area contributed by atoms with Gasteiger partial charge >= 0.3 is 0 Å². The predicted octanol–water partition coefficient (Wildman–Crippen LogP) is 2.19. The fourth-order valence-electron chi connectivity index (χ4n) is 2.07. The lowest BCUT2D eigenvalue weighted by molar-refractivity contribution is 0.271. The van der Waals surface area contributed by atoms with Gasteiger partial charge in [-0.1, -0.05) is 18.5 Å². The molecule has 0 spiro atoms. The molecule has 2 N–H and O–H groups in total. The third-order valence-electron chi connectivity index (χ3n) is 3.18. The zero-order chi connectivity index (χ0) is 12.3. The van der Waals surface area contributed by atoms with Crippen LogP contribution >= 0.6 is 11.6 Å². The Labute approximate surface area is 106 Å². The maximum atomic E-state index is 9.14. The van der Waals surface area contributed by atoms with Crippen LogP contribution in [0.2, 0.25) is 5.15 Å². The molecule has 17 heavy (non-hydrogen) atoms. The fraction of sp³-hybridized carbons (Fsp3) is 0.667. The highest BCUT2D eigenvalue weighted by atomic mass is 35.5. The normalized spacial score (nSPS) is 16.4. The second kappa shape index (κ2) is 5.65. The van der Waals surface area contributed by atoms with Crippen LogP contribution in [0.3, 0.4) is 0 Å². The van der Waals surface area contributed by atoms with E-state index in [-0.39, 0.29) is 12.6 Å². The molecule has 0 aliphatic heterocycles. The maximum absolute atomic E-state index is 9.14. The second-order valence-electron chi connectivity index (χ2n) is 4.40. The Morgan fingerprint density at radius 1 is 1.35 bits per heavy atom. The van der Waals surface area contributed by atoms with Crippen molar-refractivity contribution >= 4 is 17.5 Å². The first-order chi connectivity index (χ1) is 8.24. The quantitative estimate of drug-likeness (QED) is 0.810. The zero-order valence-electron chi connectivity index (χ0n) is 10.0. The van der Waals surface area contributed by atoms with Crippen molar-refractivity contribution in [2.75, 3.05) is 11.9 Å². The van der Waals surface area contributed by atoms with E-state index in [1.807, 2.05) is 6.92 Å². The topological polar surface area (TPSA) is 58.0 Å². The molecule has 0 fully saturated rings. The van der Waals surface area contributed by atoms with Gasteiger partial charge in [0.2, 0.25) is 5.95 Å². The molecule has 1 aliphatic carbocycles. The van der Waals surface area contributed by atoms with Crippen LogP contribution < -0.4 is 5.32 Å². The summed E-state index contributed by atoms with van der Waals surface area (Å²) in [5, 5.41) is 12.8. The SMILES string of the molecule is CCC(CO)Nc1nc(Cl)c2c(n1)CCCC2. The summed E-state index contributed by atoms with van der Waals surface area (Å²) in [7, 11) is 0. The first-order valence-corrected chi connectivity index (χ1v) is 6.55. The monoisotopic (exact) mass is 255 g/mol. The van der Waals surface area contributed by atoms with Gasteiger partial charge in [-0.2, -0.15) is 0 Å². The van der Waals surface area contributed by atoms with E-state index in [9.17, 15) is 0 Å². The third kappa shape index (κ3) is 2.87. The van der Waals surface area contributed by atoms with Crippen molar-refractivity contribution in [3.05, 3.63) is 16.4 Å². The third-order valence-corrected chi connectivity index (χ3v) is 3.49. The number of halogens is 1. The fourth-order valence-corrected chi connectivity index (χ4v) is 2.36. The summed E-state index contributed by atoms with van der Waals surface area (Å²) in [6.45, 7) is 2.09. The molecule has 0 amide bonds. The van der Waals surface area contributed by atoms with Crippen LogP contribution in [0.1, 0.15) is 37.4 Å². The van der Waals surface area contributed by atoms with E-state index < -0.39 is 0 Å². The Hall–Kier alpha value is -0.870. The smallest absolute Gasteiger partial charge is 0.224 e. The number of hydrogen-bond donors (Lipinski definition) is 2. The number of nitrogens with one attached hydrogen (secondary N) is 1. The molecule has 0 bridgehead atoms. The van der Waals surface area contributed by atoms with E-state index in [0.29, 0.717) is 11.1 Å². The van der Waals surface area contributed by atoms with Gasteiger partial charge in [-0.3, -0.25) is 0 Å². The van der Waals surface area contributed by atoms with Gasteiger partial charge in [-0.05, 0) is 32.1 Å². The summed E-state index contributed by atoms with van der Waals surface area (Å²) < 4.78 is 0. The Balaban J connectivity index is 2.21. The first kappa shape index (κ1) is 12.6. The number of aliphatic hydroxyl groups excluding tert-OH is 1. The van der Waals surface area contributed by atoms with Gasteiger partial charge in [-0.15, -0.1) is 0 Å². The number of aryl methyl sites for hydroxylation is 1. The zero-order valence-corrected chi connectivity index (χ0v) is 10.8. The number of nitrogens with zero attached hydrogens (tertiary/aromatic N) is 2. The lowest BCUT2D eigenvalue weighted by Crippen LogP contribution is -2.24. The summed E-state index contributed by atoms with van der Waals surface area (Å²) in [6.07, 6.45) is 5.11. The molecule has 0 radical (unpaired) electrons. The minimum atomic E-state index is -0.00675. The van der Waals surface area contributed by atoms with Crippen LogP contribution in [0.4, 0.5) is 5.95 Å². The summed E-state index contributed by atoms with van der Waals surface area (Å²) in [5.41, 5.74) is 2.16. The molecule has 1 atom stereocenters. The summed E-state index contributed by atoms with van der Waals surface area (Å²) in [5.74, 6) is 0.538. The minimum absolute atomic E-state index is 0.00675. The standard InChI is InChI=1S/C12H18ClN3O/c1-2-8(7-17)14-12-15-10-6-4-3-5-9(10)11(13)16-12/h8,17H,2-7H2,1H3,(H,14,15,16). The van der Waals surface area contributed by atoms with Crippen LogP contribution in [0, 0.1) is 0 Å². The molecule has 1 aliphatic rings. The molecule has 0 aromatic carbocycles. The molecule has 1 unspecified atom stereocenters. The van der Waals surface area contributed by atoms with Crippen LogP contribution in [-0.2, 0) is 12.8 Å². The maximum Gasteiger partial charge on any atom is 0.224 e. The molecule has 1 heterocycles. The first-order valence-electron chi connectivity index (χ1n) is 6.17. The van der Waals surface area contributed by atoms with Crippen molar-refractivity contribution in [2.45, 2.75) is 45.1 Å². The van der Waals surface area contributed by atoms with Crippen LogP contribution in [0.15, 0.2) is 0 Å². The Bertz CT molecular complexity index is 394. The van der Waals surface area contributed by atoms with Crippen molar-refractivity contribution in [3.63, 3.8) is 0 Å². The van der Waals surface area contributed by atoms with Crippen molar-refractivity contribution < 1.29 is 5.11 Å². The highest BCUT2D eigenvalue weighted by Crippen LogP contribution is 2.26. The van der Waals surface area contributed by atoms with Gasteiger partial charge in [0.25, 0.3) is 0 Å². The molecule has 0 saturated carbocycles. The summed E-state index contributed by atoms with van der Waals surface area (Å²) in [6, 6.07) is -0.00675. The molecular formula is C12H18ClN3O. The number of anilines is 1. The van der Waals surface area contributed by atoms with Gasteiger partial charge in [0, 0.05) is 5.56 Å². The van der Waals surface area contributed by atoms with E-state index in [1.165, 1.54) is 0 Å². The Morgan fingerprint density at radius 3 is 2.82 bits per heavy atom. The lowest BCUT2D eigenvalue weighted by atomic mass is 9.97.